The van der Waals surface area contributed by atoms with E-state index in [1.165, 1.54) is 10.6 Å². The van der Waals surface area contributed by atoms with Crippen LogP contribution in [0.15, 0.2) is 30.3 Å². The van der Waals surface area contributed by atoms with Crippen LogP contribution in [-0.2, 0) is 22.5 Å². The molecule has 0 spiro atoms. The van der Waals surface area contributed by atoms with E-state index in [9.17, 15) is 15.0 Å². The van der Waals surface area contributed by atoms with E-state index in [-0.39, 0.29) is 17.0 Å². The lowest BCUT2D eigenvalue weighted by Gasteiger charge is -2.28. The van der Waals surface area contributed by atoms with E-state index in [0.717, 1.165) is 28.7 Å². The number of fused-ring (bicyclic) bond motifs is 2. The number of halogens is 2. The lowest BCUT2D eigenvalue weighted by molar-refractivity contribution is -0.160. The number of hydrogen-bond donors (Lipinski definition) is 3. The van der Waals surface area contributed by atoms with Crippen molar-refractivity contribution in [2.75, 3.05) is 6.61 Å². The summed E-state index contributed by atoms with van der Waals surface area (Å²) in [5.74, 6) is -1.54. The fourth-order valence-electron chi connectivity index (χ4n) is 5.50. The van der Waals surface area contributed by atoms with Crippen LogP contribution in [0.3, 0.4) is 0 Å². The lowest BCUT2D eigenvalue weighted by Crippen LogP contribution is -2.29. The third-order valence-corrected chi connectivity index (χ3v) is 8.05. The number of aryl methyl sites for hydroxylation is 1. The van der Waals surface area contributed by atoms with Crippen LogP contribution in [0.2, 0.25) is 5.02 Å². The highest BCUT2D eigenvalue weighted by molar-refractivity contribution is 6.31. The number of rotatable bonds is 8. The van der Waals surface area contributed by atoms with Crippen molar-refractivity contribution in [3.63, 3.8) is 0 Å². The number of nitrogens with zero attached hydrogens (tertiary/aromatic N) is 3. The van der Waals surface area contributed by atoms with E-state index in [2.05, 4.69) is 15.4 Å². The molecule has 9 nitrogen and oxygen atoms in total. The first-order valence-corrected chi connectivity index (χ1v) is 14.6. The van der Waals surface area contributed by atoms with Crippen LogP contribution in [-0.4, -0.2) is 43.0 Å². The minimum absolute atomic E-state index is 0.217. The summed E-state index contributed by atoms with van der Waals surface area (Å²) in [6.45, 7) is 11.5. The molecule has 228 valence electrons. The molecule has 11 heteroatoms. The van der Waals surface area contributed by atoms with Crippen LogP contribution < -0.4 is 10.1 Å². The summed E-state index contributed by atoms with van der Waals surface area (Å²) in [5.41, 5.74) is 4.50. The molecule has 0 bridgehead atoms. The Hall–Kier alpha value is -3.57. The third-order valence-electron chi connectivity index (χ3n) is 7.64. The Morgan fingerprint density at radius 2 is 1.98 bits per heavy atom. The zero-order valence-corrected chi connectivity index (χ0v) is 25.8. The van der Waals surface area contributed by atoms with Crippen LogP contribution in [0.5, 0.6) is 5.75 Å². The first kappa shape index (κ1) is 30.9. The van der Waals surface area contributed by atoms with Gasteiger partial charge in [-0.05, 0) is 83.2 Å². The zero-order valence-electron chi connectivity index (χ0n) is 25.1. The molecule has 3 heterocycles. The number of benzene rings is 2. The summed E-state index contributed by atoms with van der Waals surface area (Å²) >= 11 is 6.26. The van der Waals surface area contributed by atoms with Gasteiger partial charge in [0.25, 0.3) is 0 Å². The highest BCUT2D eigenvalue weighted by Crippen LogP contribution is 2.41. The van der Waals surface area contributed by atoms with Gasteiger partial charge in [-0.3, -0.25) is 5.32 Å². The fraction of sp³-hybridized carbons (Fsp3) is 0.406. The van der Waals surface area contributed by atoms with Gasteiger partial charge in [-0.2, -0.15) is 5.10 Å². The molecule has 2 atom stereocenters. The van der Waals surface area contributed by atoms with Crippen molar-refractivity contribution >= 4 is 23.2 Å². The summed E-state index contributed by atoms with van der Waals surface area (Å²) in [7, 11) is 0. The van der Waals surface area contributed by atoms with E-state index in [0.29, 0.717) is 47.2 Å². The van der Waals surface area contributed by atoms with Crippen molar-refractivity contribution in [2.45, 2.75) is 78.9 Å². The standard InChI is InChI=1S/C32H36ClFN4O5/c1-16-19(9-7-11-22(16)33)15-35-30(39)24-14-25-36-18(3)26(29(31(40)41)43-32(4,5)6)27(38(25)37-24)21-13-23(34)28-20(17(21)2)10-8-12-42-28/h7,9,11,13-14,29-30,35,39H,8,10,12,15H2,1-6H3,(H,40,41)/t29-,30?/m0/s1. The molecule has 0 radical (unpaired) electrons. The second-order valence-electron chi connectivity index (χ2n) is 11.8. The highest BCUT2D eigenvalue weighted by atomic mass is 35.5. The van der Waals surface area contributed by atoms with Crippen LogP contribution in [0, 0.1) is 26.6 Å². The molecule has 5 rings (SSSR count). The molecular formula is C32H36ClFN4O5. The Bertz CT molecular complexity index is 1710. The molecule has 1 unspecified atom stereocenters. The van der Waals surface area contributed by atoms with E-state index in [4.69, 9.17) is 21.1 Å². The van der Waals surface area contributed by atoms with Gasteiger partial charge in [0, 0.05) is 40.0 Å². The summed E-state index contributed by atoms with van der Waals surface area (Å²) in [6.07, 6.45) is -1.27. The summed E-state index contributed by atoms with van der Waals surface area (Å²) < 4.78 is 28.7. The van der Waals surface area contributed by atoms with Crippen molar-refractivity contribution in [1.29, 1.82) is 0 Å². The molecule has 0 fully saturated rings. The molecule has 0 saturated heterocycles. The maximum Gasteiger partial charge on any atom is 0.337 e. The lowest BCUT2D eigenvalue weighted by atomic mass is 9.91. The normalized spacial score (nSPS) is 14.8. The monoisotopic (exact) mass is 610 g/mol. The molecule has 43 heavy (non-hydrogen) atoms. The van der Waals surface area contributed by atoms with Gasteiger partial charge < -0.3 is 19.7 Å². The van der Waals surface area contributed by atoms with Crippen molar-refractivity contribution in [3.8, 4) is 17.0 Å². The Balaban J connectivity index is 1.69. The molecule has 4 aromatic rings. The van der Waals surface area contributed by atoms with Crippen molar-refractivity contribution in [1.82, 2.24) is 19.9 Å². The van der Waals surface area contributed by atoms with Crippen LogP contribution >= 0.6 is 11.6 Å². The maximum absolute atomic E-state index is 15.5. The molecule has 0 aliphatic carbocycles. The second-order valence-corrected chi connectivity index (χ2v) is 12.3. The number of hydrogen-bond acceptors (Lipinski definition) is 7. The number of carbonyl (C=O) groups is 1. The van der Waals surface area contributed by atoms with Crippen LogP contribution in [0.25, 0.3) is 16.9 Å². The summed E-state index contributed by atoms with van der Waals surface area (Å²) in [5, 5.41) is 29.8. The van der Waals surface area contributed by atoms with Gasteiger partial charge >= 0.3 is 5.97 Å². The van der Waals surface area contributed by atoms with Gasteiger partial charge in [0.2, 0.25) is 0 Å². The Morgan fingerprint density at radius 1 is 1.23 bits per heavy atom. The van der Waals surface area contributed by atoms with Gasteiger partial charge in [0.05, 0.1) is 17.9 Å². The summed E-state index contributed by atoms with van der Waals surface area (Å²) in [6, 6.07) is 8.53. The first-order chi connectivity index (χ1) is 20.3. The molecule has 2 aromatic heterocycles. The van der Waals surface area contributed by atoms with E-state index >= 15 is 4.39 Å². The Kier molecular flexibility index (Phi) is 8.50. The number of carboxylic acid groups (broad SMARTS) is 1. The average Bonchev–Trinajstić information content (AvgIpc) is 3.37. The average molecular weight is 611 g/mol. The van der Waals surface area contributed by atoms with Gasteiger partial charge in [-0.1, -0.05) is 23.7 Å². The zero-order chi connectivity index (χ0) is 31.2. The van der Waals surface area contributed by atoms with Gasteiger partial charge in [-0.25, -0.2) is 18.7 Å². The van der Waals surface area contributed by atoms with E-state index < -0.39 is 29.7 Å². The Morgan fingerprint density at radius 3 is 2.67 bits per heavy atom. The maximum atomic E-state index is 15.5. The van der Waals surface area contributed by atoms with Crippen LogP contribution in [0.1, 0.15) is 78.7 Å². The number of aliphatic hydroxyl groups excluding tert-OH is 1. The van der Waals surface area contributed by atoms with Gasteiger partial charge in [0.1, 0.15) is 11.9 Å². The predicted octanol–water partition coefficient (Wildman–Crippen LogP) is 6.16. The van der Waals surface area contributed by atoms with Gasteiger partial charge in [0.15, 0.2) is 23.3 Å². The molecule has 1 aliphatic heterocycles. The fourth-order valence-corrected chi connectivity index (χ4v) is 5.70. The number of aliphatic hydroxyl groups is 1. The van der Waals surface area contributed by atoms with Crippen molar-refractivity contribution in [2.24, 2.45) is 0 Å². The summed E-state index contributed by atoms with van der Waals surface area (Å²) in [4.78, 5) is 17.3. The number of aromatic nitrogens is 3. The SMILES string of the molecule is Cc1nc2cc(C(O)NCc3cccc(Cl)c3C)nn2c(-c2cc(F)c3c(c2C)CCCO3)c1[C@H](OC(C)(C)C)C(=O)O. The van der Waals surface area contributed by atoms with E-state index in [1.54, 1.807) is 39.8 Å². The molecular weight excluding hydrogens is 575 g/mol. The highest BCUT2D eigenvalue weighted by Gasteiger charge is 2.35. The minimum atomic E-state index is -1.43. The largest absolute Gasteiger partial charge is 0.490 e. The molecule has 0 saturated carbocycles. The third kappa shape index (κ3) is 6.10. The Labute approximate surface area is 254 Å². The predicted molar refractivity (Wildman–Crippen MR) is 161 cm³/mol. The molecule has 3 N–H and O–H groups in total. The van der Waals surface area contributed by atoms with Gasteiger partial charge in [-0.15, -0.1) is 0 Å². The number of aliphatic carboxylic acids is 1. The van der Waals surface area contributed by atoms with Crippen molar-refractivity contribution < 1.29 is 28.9 Å². The van der Waals surface area contributed by atoms with E-state index in [1.807, 2.05) is 26.0 Å². The van der Waals surface area contributed by atoms with Crippen molar-refractivity contribution in [3.05, 3.63) is 80.4 Å². The number of carboxylic acids is 1. The number of ether oxygens (including phenoxy) is 2. The smallest absolute Gasteiger partial charge is 0.337 e. The minimum Gasteiger partial charge on any atom is -0.490 e. The molecule has 1 aliphatic rings. The molecule has 2 aromatic carbocycles. The van der Waals surface area contributed by atoms with Crippen LogP contribution in [0.4, 0.5) is 4.39 Å². The quantitative estimate of drug-likeness (QED) is 0.203. The second kappa shape index (κ2) is 11.8. The topological polar surface area (TPSA) is 118 Å². The molecule has 0 amide bonds. The first-order valence-electron chi connectivity index (χ1n) is 14.2. The number of nitrogens with one attached hydrogen (secondary N) is 1.